The van der Waals surface area contributed by atoms with Crippen molar-refractivity contribution in [2.24, 2.45) is 4.99 Å². The molecule has 0 bridgehead atoms. The zero-order valence-corrected chi connectivity index (χ0v) is 12.8. The van der Waals surface area contributed by atoms with Gasteiger partial charge in [0.2, 0.25) is 0 Å². The lowest BCUT2D eigenvalue weighted by Gasteiger charge is -2.29. The van der Waals surface area contributed by atoms with E-state index >= 15 is 0 Å². The third-order valence-electron chi connectivity index (χ3n) is 3.96. The SMILES string of the molecule is Cc1ccc(N)cc1N1CN=C(NC2CC2)c2sccc21. The monoisotopic (exact) mass is 298 g/mol. The van der Waals surface area contributed by atoms with Crippen LogP contribution in [0, 0.1) is 6.92 Å². The molecule has 1 saturated carbocycles. The van der Waals surface area contributed by atoms with Gasteiger partial charge >= 0.3 is 0 Å². The number of aliphatic imine (C=N–C) groups is 1. The van der Waals surface area contributed by atoms with E-state index in [4.69, 9.17) is 10.7 Å². The molecule has 4 nitrogen and oxygen atoms in total. The Morgan fingerprint density at radius 1 is 1.29 bits per heavy atom. The van der Waals surface area contributed by atoms with Gasteiger partial charge in [0.05, 0.1) is 10.6 Å². The average molecular weight is 298 g/mol. The molecule has 0 saturated heterocycles. The minimum Gasteiger partial charge on any atom is -0.399 e. The van der Waals surface area contributed by atoms with Crippen LogP contribution < -0.4 is 16.0 Å². The van der Waals surface area contributed by atoms with Crippen molar-refractivity contribution in [2.75, 3.05) is 17.3 Å². The molecule has 1 aliphatic heterocycles. The number of nitrogens with one attached hydrogen (secondary N) is 1. The maximum Gasteiger partial charge on any atom is 0.142 e. The summed E-state index contributed by atoms with van der Waals surface area (Å²) in [6.45, 7) is 2.76. The highest BCUT2D eigenvalue weighted by Crippen LogP contribution is 2.37. The minimum atomic E-state index is 0.624. The predicted octanol–water partition coefficient (Wildman–Crippen LogP) is 3.25. The number of hydrogen-bond donors (Lipinski definition) is 2. The molecular weight excluding hydrogens is 280 g/mol. The highest BCUT2D eigenvalue weighted by Gasteiger charge is 2.28. The van der Waals surface area contributed by atoms with Crippen molar-refractivity contribution in [3.63, 3.8) is 0 Å². The van der Waals surface area contributed by atoms with Crippen LogP contribution in [0.4, 0.5) is 17.1 Å². The number of nitrogen functional groups attached to an aromatic ring is 1. The fraction of sp³-hybridized carbons (Fsp3) is 0.312. The van der Waals surface area contributed by atoms with Crippen molar-refractivity contribution in [2.45, 2.75) is 25.8 Å². The van der Waals surface area contributed by atoms with E-state index in [1.54, 1.807) is 11.3 Å². The predicted molar refractivity (Wildman–Crippen MR) is 89.6 cm³/mol. The van der Waals surface area contributed by atoms with Gasteiger partial charge in [-0.1, -0.05) is 6.07 Å². The maximum atomic E-state index is 5.96. The molecule has 4 rings (SSSR count). The van der Waals surface area contributed by atoms with Gasteiger partial charge in [0.25, 0.3) is 0 Å². The zero-order chi connectivity index (χ0) is 14.4. The van der Waals surface area contributed by atoms with Crippen molar-refractivity contribution in [1.82, 2.24) is 5.32 Å². The Morgan fingerprint density at radius 3 is 2.95 bits per heavy atom. The molecule has 2 aliphatic rings. The molecule has 0 unspecified atom stereocenters. The molecule has 2 heterocycles. The Morgan fingerprint density at radius 2 is 2.14 bits per heavy atom. The second-order valence-electron chi connectivity index (χ2n) is 5.68. The van der Waals surface area contributed by atoms with Crippen LogP contribution in [0.15, 0.2) is 34.6 Å². The summed E-state index contributed by atoms with van der Waals surface area (Å²) in [5, 5.41) is 5.68. The zero-order valence-electron chi connectivity index (χ0n) is 12.0. The average Bonchev–Trinajstić information content (AvgIpc) is 3.15. The van der Waals surface area contributed by atoms with E-state index < -0.39 is 0 Å². The summed E-state index contributed by atoms with van der Waals surface area (Å²) < 4.78 is 0. The first kappa shape index (κ1) is 12.7. The van der Waals surface area contributed by atoms with E-state index in [1.165, 1.54) is 29.0 Å². The molecule has 0 atom stereocenters. The van der Waals surface area contributed by atoms with Gasteiger partial charge in [0, 0.05) is 17.4 Å². The molecular formula is C16H18N4S. The van der Waals surface area contributed by atoms with Crippen molar-refractivity contribution in [3.05, 3.63) is 40.1 Å². The second kappa shape index (κ2) is 4.77. The van der Waals surface area contributed by atoms with Gasteiger partial charge < -0.3 is 16.0 Å². The summed E-state index contributed by atoms with van der Waals surface area (Å²) in [5.74, 6) is 1.06. The Balaban J connectivity index is 1.73. The summed E-state index contributed by atoms with van der Waals surface area (Å²) in [6.07, 6.45) is 2.52. The number of benzene rings is 1. The van der Waals surface area contributed by atoms with Crippen molar-refractivity contribution < 1.29 is 0 Å². The van der Waals surface area contributed by atoms with Crippen LogP contribution >= 0.6 is 11.3 Å². The number of thiophene rings is 1. The van der Waals surface area contributed by atoms with Gasteiger partial charge in [-0.15, -0.1) is 11.3 Å². The Labute approximate surface area is 128 Å². The maximum absolute atomic E-state index is 5.96. The first-order valence-electron chi connectivity index (χ1n) is 7.25. The van der Waals surface area contributed by atoms with Crippen LogP contribution in [-0.2, 0) is 0 Å². The molecule has 0 amide bonds. The van der Waals surface area contributed by atoms with Crippen LogP contribution in [0.2, 0.25) is 0 Å². The lowest BCUT2D eigenvalue weighted by atomic mass is 10.1. The highest BCUT2D eigenvalue weighted by atomic mass is 32.1. The summed E-state index contributed by atoms with van der Waals surface area (Å²) in [4.78, 5) is 8.23. The number of nitrogens with two attached hydrogens (primary N) is 1. The van der Waals surface area contributed by atoms with Gasteiger partial charge in [-0.3, -0.25) is 0 Å². The first-order chi connectivity index (χ1) is 10.2. The number of anilines is 3. The summed E-state index contributed by atoms with van der Waals surface area (Å²) >= 11 is 1.75. The minimum absolute atomic E-state index is 0.624. The lowest BCUT2D eigenvalue weighted by Crippen LogP contribution is -2.33. The van der Waals surface area contributed by atoms with E-state index in [9.17, 15) is 0 Å². The van der Waals surface area contributed by atoms with E-state index in [0.717, 1.165) is 17.2 Å². The van der Waals surface area contributed by atoms with Gasteiger partial charge in [0.15, 0.2) is 0 Å². The number of nitrogens with zero attached hydrogens (tertiary/aromatic N) is 2. The topological polar surface area (TPSA) is 53.6 Å². The number of rotatable bonds is 2. The fourth-order valence-corrected chi connectivity index (χ4v) is 3.50. The van der Waals surface area contributed by atoms with Gasteiger partial charge in [0.1, 0.15) is 12.5 Å². The third-order valence-corrected chi connectivity index (χ3v) is 4.87. The van der Waals surface area contributed by atoms with E-state index in [1.807, 2.05) is 12.1 Å². The van der Waals surface area contributed by atoms with Gasteiger partial charge in [-0.2, -0.15) is 0 Å². The normalized spacial score (nSPS) is 17.4. The molecule has 0 radical (unpaired) electrons. The third kappa shape index (κ3) is 2.27. The molecule has 108 valence electrons. The van der Waals surface area contributed by atoms with Crippen LogP contribution in [0.5, 0.6) is 0 Å². The molecule has 1 aromatic heterocycles. The van der Waals surface area contributed by atoms with Crippen molar-refractivity contribution in [1.29, 1.82) is 0 Å². The molecule has 1 aliphatic carbocycles. The summed E-state index contributed by atoms with van der Waals surface area (Å²) in [6, 6.07) is 8.84. The number of hydrogen-bond acceptors (Lipinski definition) is 5. The highest BCUT2D eigenvalue weighted by molar-refractivity contribution is 7.12. The number of amidine groups is 1. The van der Waals surface area contributed by atoms with Crippen LogP contribution in [0.3, 0.4) is 0 Å². The molecule has 5 heteroatoms. The van der Waals surface area contributed by atoms with Crippen molar-refractivity contribution in [3.8, 4) is 0 Å². The van der Waals surface area contributed by atoms with E-state index in [0.29, 0.717) is 12.7 Å². The standard InChI is InChI=1S/C16H18N4S/c1-10-2-3-11(17)8-14(10)20-9-18-16(19-12-4-5-12)15-13(20)6-7-21-15/h2-3,6-8,12H,4-5,9,17H2,1H3,(H,18,19). The molecule has 2 aromatic rings. The largest absolute Gasteiger partial charge is 0.399 e. The number of fused-ring (bicyclic) bond motifs is 1. The molecule has 3 N–H and O–H groups in total. The quantitative estimate of drug-likeness (QED) is 0.837. The van der Waals surface area contributed by atoms with Crippen LogP contribution in [0.25, 0.3) is 0 Å². The lowest BCUT2D eigenvalue weighted by molar-refractivity contribution is 0.873. The molecule has 0 spiro atoms. The van der Waals surface area contributed by atoms with E-state index in [2.05, 4.69) is 34.7 Å². The first-order valence-corrected chi connectivity index (χ1v) is 8.13. The molecule has 1 fully saturated rings. The van der Waals surface area contributed by atoms with Crippen LogP contribution in [0.1, 0.15) is 23.3 Å². The van der Waals surface area contributed by atoms with Gasteiger partial charge in [-0.25, -0.2) is 4.99 Å². The second-order valence-corrected chi connectivity index (χ2v) is 6.59. The molecule has 21 heavy (non-hydrogen) atoms. The smallest absolute Gasteiger partial charge is 0.142 e. The Bertz CT molecular complexity index is 715. The Kier molecular flexibility index (Phi) is 2.89. The fourth-order valence-electron chi connectivity index (χ4n) is 2.64. The van der Waals surface area contributed by atoms with Gasteiger partial charge in [-0.05, 0) is 48.9 Å². The summed E-state index contributed by atoms with van der Waals surface area (Å²) in [5.41, 5.74) is 10.3. The van der Waals surface area contributed by atoms with Crippen LogP contribution in [-0.4, -0.2) is 18.5 Å². The van der Waals surface area contributed by atoms with E-state index in [-0.39, 0.29) is 0 Å². The summed E-state index contributed by atoms with van der Waals surface area (Å²) in [7, 11) is 0. The Hall–Kier alpha value is -2.01. The molecule has 1 aromatic carbocycles. The number of aryl methyl sites for hydroxylation is 1. The van der Waals surface area contributed by atoms with Crippen molar-refractivity contribution >= 4 is 34.2 Å².